The number of carbonyl (C=O) groups excluding carboxylic acids is 1. The van der Waals surface area contributed by atoms with E-state index in [9.17, 15) is 4.79 Å². The molecule has 0 saturated heterocycles. The fourth-order valence-corrected chi connectivity index (χ4v) is 1.11. The van der Waals surface area contributed by atoms with Crippen molar-refractivity contribution in [1.29, 1.82) is 0 Å². The number of anilines is 1. The third-order valence-corrected chi connectivity index (χ3v) is 1.70. The zero-order chi connectivity index (χ0) is 9.26. The summed E-state index contributed by atoms with van der Waals surface area (Å²) in [5.74, 6) is 0. The zero-order valence-electron chi connectivity index (χ0n) is 6.77. The van der Waals surface area contributed by atoms with Crippen molar-refractivity contribution < 1.29 is 4.79 Å². The van der Waals surface area contributed by atoms with E-state index in [-0.39, 0.29) is 0 Å². The van der Waals surface area contributed by atoms with Gasteiger partial charge in [0.15, 0.2) is 0 Å². The summed E-state index contributed by atoms with van der Waals surface area (Å²) in [4.78, 5) is 17.9. The van der Waals surface area contributed by atoms with Crippen LogP contribution in [0.25, 0.3) is 0 Å². The molecule has 2 N–H and O–H groups in total. The number of carbonyl (C=O) groups is 1. The highest BCUT2D eigenvalue weighted by Gasteiger charge is 2.09. The third-order valence-electron chi connectivity index (χ3n) is 1.70. The van der Waals surface area contributed by atoms with E-state index in [4.69, 9.17) is 5.73 Å². The fourth-order valence-electron chi connectivity index (χ4n) is 1.11. The van der Waals surface area contributed by atoms with Gasteiger partial charge in [-0.3, -0.25) is 0 Å². The van der Waals surface area contributed by atoms with Gasteiger partial charge < -0.3 is 5.73 Å². The summed E-state index contributed by atoms with van der Waals surface area (Å²) in [5, 5.41) is 0. The molecule has 4 heteroatoms. The second-order valence-corrected chi connectivity index (χ2v) is 2.66. The Labute approximate surface area is 74.8 Å². The highest BCUT2D eigenvalue weighted by molar-refractivity contribution is 6.43. The summed E-state index contributed by atoms with van der Waals surface area (Å²) in [5.41, 5.74) is 7.60. The molecule has 0 aliphatic carbocycles. The minimum atomic E-state index is -0.461. The van der Waals surface area contributed by atoms with Crippen LogP contribution in [0.15, 0.2) is 34.3 Å². The lowest BCUT2D eigenvalue weighted by Crippen LogP contribution is -1.99. The Bertz CT molecular complexity index is 421. The normalized spacial score (nSPS) is 14.8. The van der Waals surface area contributed by atoms with E-state index >= 15 is 0 Å². The maximum atomic E-state index is 10.7. The molecule has 1 aliphatic rings. The van der Waals surface area contributed by atoms with Crippen molar-refractivity contribution in [3.63, 3.8) is 0 Å². The largest absolute Gasteiger partial charge is 0.399 e. The summed E-state index contributed by atoms with van der Waals surface area (Å²) >= 11 is 0. The molecule has 0 saturated carbocycles. The molecule has 0 spiro atoms. The molecular formula is C9H7N3O. The second-order valence-electron chi connectivity index (χ2n) is 2.66. The number of urea groups is 1. The van der Waals surface area contributed by atoms with Gasteiger partial charge in [0.25, 0.3) is 0 Å². The van der Waals surface area contributed by atoms with E-state index in [0.717, 1.165) is 5.56 Å². The number of aliphatic imine (C=N–C) groups is 2. The molecule has 4 nitrogen and oxygen atoms in total. The van der Waals surface area contributed by atoms with Crippen LogP contribution < -0.4 is 5.73 Å². The predicted octanol–water partition coefficient (Wildman–Crippen LogP) is 1.26. The van der Waals surface area contributed by atoms with Gasteiger partial charge in [0.05, 0.1) is 11.9 Å². The Kier molecular flexibility index (Phi) is 1.66. The molecule has 2 amide bonds. The van der Waals surface area contributed by atoms with Crippen LogP contribution in [-0.2, 0) is 0 Å². The summed E-state index contributed by atoms with van der Waals surface area (Å²) in [6, 6.07) is 6.71. The number of nitrogen functional groups attached to an aromatic ring is 1. The lowest BCUT2D eigenvalue weighted by molar-refractivity contribution is 0.257. The van der Waals surface area contributed by atoms with Crippen LogP contribution in [-0.4, -0.2) is 18.0 Å². The van der Waals surface area contributed by atoms with E-state index in [1.165, 1.54) is 6.21 Å². The predicted molar refractivity (Wildman–Crippen MR) is 51.3 cm³/mol. The number of hydrogen-bond acceptors (Lipinski definition) is 2. The fraction of sp³-hybridized carbons (Fsp3) is 0. The van der Waals surface area contributed by atoms with Crippen molar-refractivity contribution >= 4 is 23.6 Å². The van der Waals surface area contributed by atoms with E-state index in [1.54, 1.807) is 12.1 Å². The SMILES string of the molecule is Nc1cccc(C2=NC(=O)N=C2)c1. The van der Waals surface area contributed by atoms with Crippen LogP contribution in [0.3, 0.4) is 0 Å². The van der Waals surface area contributed by atoms with Gasteiger partial charge >= 0.3 is 6.03 Å². The Morgan fingerprint density at radius 2 is 2.15 bits per heavy atom. The molecule has 0 radical (unpaired) electrons. The first-order valence-corrected chi connectivity index (χ1v) is 3.78. The highest BCUT2D eigenvalue weighted by atomic mass is 16.2. The van der Waals surface area contributed by atoms with Crippen LogP contribution >= 0.6 is 0 Å². The number of benzene rings is 1. The van der Waals surface area contributed by atoms with E-state index < -0.39 is 6.03 Å². The second kappa shape index (κ2) is 2.82. The van der Waals surface area contributed by atoms with Gasteiger partial charge in [-0.2, -0.15) is 9.98 Å². The van der Waals surface area contributed by atoms with Crippen molar-refractivity contribution in [1.82, 2.24) is 0 Å². The minimum absolute atomic E-state index is 0.461. The van der Waals surface area contributed by atoms with Crippen LogP contribution in [0.4, 0.5) is 10.5 Å². The first-order chi connectivity index (χ1) is 6.25. The maximum Gasteiger partial charge on any atom is 0.367 e. The summed E-state index contributed by atoms with van der Waals surface area (Å²) in [6.45, 7) is 0. The van der Waals surface area contributed by atoms with Crippen molar-refractivity contribution in [3.05, 3.63) is 29.8 Å². The van der Waals surface area contributed by atoms with Gasteiger partial charge in [0.2, 0.25) is 0 Å². The standard InChI is InChI=1S/C9H7N3O/c10-7-3-1-2-6(4-7)8-5-11-9(13)12-8/h1-5H,10H2. The minimum Gasteiger partial charge on any atom is -0.399 e. The average Bonchev–Trinajstić information content (AvgIpc) is 2.52. The van der Waals surface area contributed by atoms with Gasteiger partial charge in [0, 0.05) is 11.3 Å². The molecule has 1 heterocycles. The first kappa shape index (κ1) is 7.67. The van der Waals surface area contributed by atoms with Crippen LogP contribution in [0.5, 0.6) is 0 Å². The highest BCUT2D eigenvalue weighted by Crippen LogP contribution is 2.09. The summed E-state index contributed by atoms with van der Waals surface area (Å²) < 4.78 is 0. The smallest absolute Gasteiger partial charge is 0.367 e. The summed E-state index contributed by atoms with van der Waals surface area (Å²) in [7, 11) is 0. The number of hydrogen-bond donors (Lipinski definition) is 1. The van der Waals surface area contributed by atoms with Crippen LogP contribution in [0.2, 0.25) is 0 Å². The molecule has 1 aromatic rings. The van der Waals surface area contributed by atoms with Gasteiger partial charge in [-0.05, 0) is 12.1 Å². The molecule has 0 aromatic heterocycles. The van der Waals surface area contributed by atoms with Gasteiger partial charge in [-0.1, -0.05) is 12.1 Å². The number of rotatable bonds is 1. The zero-order valence-corrected chi connectivity index (χ0v) is 6.77. The van der Waals surface area contributed by atoms with Gasteiger partial charge in [-0.15, -0.1) is 0 Å². The van der Waals surface area contributed by atoms with Crippen molar-refractivity contribution in [2.45, 2.75) is 0 Å². The molecule has 2 rings (SSSR count). The topological polar surface area (TPSA) is 67.8 Å². The third kappa shape index (κ3) is 1.46. The monoisotopic (exact) mass is 173 g/mol. The van der Waals surface area contributed by atoms with Crippen molar-refractivity contribution in [2.75, 3.05) is 5.73 Å². The first-order valence-electron chi connectivity index (χ1n) is 3.78. The Morgan fingerprint density at radius 1 is 1.31 bits per heavy atom. The molecule has 0 unspecified atom stereocenters. The maximum absolute atomic E-state index is 10.7. The van der Waals surface area contributed by atoms with E-state index in [1.807, 2.05) is 12.1 Å². The molecule has 0 atom stereocenters. The number of amides is 2. The Balaban J connectivity index is 2.42. The van der Waals surface area contributed by atoms with Crippen molar-refractivity contribution in [3.8, 4) is 0 Å². The number of nitrogens with two attached hydrogens (primary N) is 1. The average molecular weight is 173 g/mol. The van der Waals surface area contributed by atoms with Crippen LogP contribution in [0.1, 0.15) is 5.56 Å². The lowest BCUT2D eigenvalue weighted by Gasteiger charge is -1.97. The lowest BCUT2D eigenvalue weighted by atomic mass is 10.1. The number of nitrogens with zero attached hydrogens (tertiary/aromatic N) is 2. The molecule has 13 heavy (non-hydrogen) atoms. The molecule has 1 aliphatic heterocycles. The summed E-state index contributed by atoms with van der Waals surface area (Å²) in [6.07, 6.45) is 1.44. The molecule has 1 aromatic carbocycles. The van der Waals surface area contributed by atoms with Crippen LogP contribution in [0, 0.1) is 0 Å². The van der Waals surface area contributed by atoms with Gasteiger partial charge in [0.1, 0.15) is 0 Å². The van der Waals surface area contributed by atoms with E-state index in [0.29, 0.717) is 11.4 Å². The quantitative estimate of drug-likeness (QED) is 0.649. The van der Waals surface area contributed by atoms with Crippen molar-refractivity contribution in [2.24, 2.45) is 9.98 Å². The molecule has 64 valence electrons. The Morgan fingerprint density at radius 3 is 2.77 bits per heavy atom. The Hall–Kier alpha value is -1.97. The molecule has 0 fully saturated rings. The molecular weight excluding hydrogens is 166 g/mol. The van der Waals surface area contributed by atoms with Gasteiger partial charge in [-0.25, -0.2) is 4.79 Å². The molecule has 0 bridgehead atoms. The van der Waals surface area contributed by atoms with E-state index in [2.05, 4.69) is 9.98 Å².